The first-order valence-corrected chi connectivity index (χ1v) is 9.54. The quantitative estimate of drug-likeness (QED) is 0.312. The van der Waals surface area contributed by atoms with Gasteiger partial charge in [0.1, 0.15) is 0 Å². The van der Waals surface area contributed by atoms with Crippen molar-refractivity contribution < 1.29 is 0 Å². The van der Waals surface area contributed by atoms with Crippen LogP contribution >= 0.6 is 0 Å². The molecule has 0 nitrogen and oxygen atoms in total. The van der Waals surface area contributed by atoms with Gasteiger partial charge in [0.05, 0.1) is 0 Å². The van der Waals surface area contributed by atoms with Crippen molar-refractivity contribution >= 4 is 10.8 Å². The molecule has 0 unspecified atom stereocenters. The molecule has 1 radical (unpaired) electrons. The van der Waals surface area contributed by atoms with E-state index in [4.69, 9.17) is 0 Å². The fourth-order valence-electron chi connectivity index (χ4n) is 3.80. The van der Waals surface area contributed by atoms with Crippen LogP contribution in [-0.4, -0.2) is 0 Å². The molecule has 5 rings (SSSR count). The average Bonchev–Trinajstić information content (AvgIpc) is 2.79. The van der Waals surface area contributed by atoms with E-state index in [1.54, 1.807) is 0 Å². The molecule has 0 amide bonds. The molecule has 0 N–H and O–H groups in total. The summed E-state index contributed by atoms with van der Waals surface area (Å²) in [6.07, 6.45) is 0. The van der Waals surface area contributed by atoms with Gasteiger partial charge in [-0.15, -0.1) is 0 Å². The zero-order valence-corrected chi connectivity index (χ0v) is 15.5. The maximum absolute atomic E-state index is 3.12. The SMILES string of the molecule is [c]1ccc(-c2cc(-c3ccccc3)cc(-c3cccc4ccccc34)c2)cc1. The van der Waals surface area contributed by atoms with Crippen molar-refractivity contribution in [3.8, 4) is 33.4 Å². The van der Waals surface area contributed by atoms with E-state index in [0.717, 1.165) is 0 Å². The van der Waals surface area contributed by atoms with Crippen LogP contribution < -0.4 is 0 Å². The lowest BCUT2D eigenvalue weighted by atomic mass is 9.91. The zero-order chi connectivity index (χ0) is 18.8. The molecule has 0 saturated heterocycles. The molecule has 0 heterocycles. The van der Waals surface area contributed by atoms with Crippen LogP contribution in [0.2, 0.25) is 0 Å². The average molecular weight is 355 g/mol. The van der Waals surface area contributed by atoms with Crippen molar-refractivity contribution in [3.05, 3.63) is 121 Å². The summed E-state index contributed by atoms with van der Waals surface area (Å²) in [6.45, 7) is 0. The summed E-state index contributed by atoms with van der Waals surface area (Å²) >= 11 is 0. The molecule has 0 aliphatic heterocycles. The molecule has 5 aromatic carbocycles. The van der Waals surface area contributed by atoms with Crippen LogP contribution in [0.25, 0.3) is 44.2 Å². The normalized spacial score (nSPS) is 10.9. The third-order valence-electron chi connectivity index (χ3n) is 5.19. The summed E-state index contributed by atoms with van der Waals surface area (Å²) < 4.78 is 0. The standard InChI is InChI=1S/C28H19/c1-3-10-21(11-4-1)24-18-25(22-12-5-2-6-13-22)20-26(19-24)28-17-9-15-23-14-7-8-16-27(23)28/h1,3-20H. The summed E-state index contributed by atoms with van der Waals surface area (Å²) in [5.74, 6) is 0. The van der Waals surface area contributed by atoms with Crippen molar-refractivity contribution in [2.75, 3.05) is 0 Å². The Bertz CT molecular complexity index is 1170. The fourth-order valence-corrected chi connectivity index (χ4v) is 3.80. The van der Waals surface area contributed by atoms with Gasteiger partial charge in [0.25, 0.3) is 0 Å². The molecule has 0 spiro atoms. The van der Waals surface area contributed by atoms with Crippen molar-refractivity contribution in [1.29, 1.82) is 0 Å². The van der Waals surface area contributed by atoms with Gasteiger partial charge in [0, 0.05) is 0 Å². The van der Waals surface area contributed by atoms with Gasteiger partial charge < -0.3 is 0 Å². The zero-order valence-electron chi connectivity index (χ0n) is 15.5. The second-order valence-electron chi connectivity index (χ2n) is 6.98. The minimum absolute atomic E-state index is 1.21. The van der Waals surface area contributed by atoms with E-state index in [2.05, 4.69) is 109 Å². The highest BCUT2D eigenvalue weighted by Crippen LogP contribution is 2.35. The Kier molecular flexibility index (Phi) is 4.23. The van der Waals surface area contributed by atoms with Crippen molar-refractivity contribution in [2.45, 2.75) is 0 Å². The van der Waals surface area contributed by atoms with Crippen molar-refractivity contribution in [1.82, 2.24) is 0 Å². The van der Waals surface area contributed by atoms with Gasteiger partial charge in [0.15, 0.2) is 0 Å². The first-order valence-electron chi connectivity index (χ1n) is 9.54. The topological polar surface area (TPSA) is 0 Å². The maximum atomic E-state index is 3.12. The van der Waals surface area contributed by atoms with Crippen LogP contribution in [0, 0.1) is 6.07 Å². The van der Waals surface area contributed by atoms with E-state index in [0.29, 0.717) is 0 Å². The number of hydrogen-bond acceptors (Lipinski definition) is 0. The largest absolute Gasteiger partial charge is 0.0622 e. The lowest BCUT2D eigenvalue weighted by molar-refractivity contribution is 1.57. The molecular formula is C28H19. The lowest BCUT2D eigenvalue weighted by Gasteiger charge is -2.13. The van der Waals surface area contributed by atoms with Gasteiger partial charge in [-0.05, 0) is 68.4 Å². The van der Waals surface area contributed by atoms with E-state index in [1.165, 1.54) is 44.2 Å². The molecule has 0 saturated carbocycles. The number of hydrogen-bond donors (Lipinski definition) is 0. The van der Waals surface area contributed by atoms with Crippen molar-refractivity contribution in [3.63, 3.8) is 0 Å². The fraction of sp³-hybridized carbons (Fsp3) is 0. The second-order valence-corrected chi connectivity index (χ2v) is 6.98. The molecule has 0 fully saturated rings. The molecule has 28 heavy (non-hydrogen) atoms. The molecule has 0 heteroatoms. The van der Waals surface area contributed by atoms with Gasteiger partial charge in [-0.2, -0.15) is 0 Å². The van der Waals surface area contributed by atoms with E-state index >= 15 is 0 Å². The summed E-state index contributed by atoms with van der Waals surface area (Å²) in [7, 11) is 0. The van der Waals surface area contributed by atoms with Crippen molar-refractivity contribution in [2.24, 2.45) is 0 Å². The van der Waals surface area contributed by atoms with Crippen LogP contribution in [0.3, 0.4) is 0 Å². The van der Waals surface area contributed by atoms with Crippen LogP contribution in [0.4, 0.5) is 0 Å². The van der Waals surface area contributed by atoms with Crippen LogP contribution in [0.15, 0.2) is 115 Å². The third kappa shape index (κ3) is 3.10. The number of fused-ring (bicyclic) bond motifs is 1. The van der Waals surface area contributed by atoms with E-state index in [9.17, 15) is 0 Å². The van der Waals surface area contributed by atoms with Crippen LogP contribution in [-0.2, 0) is 0 Å². The molecule has 0 bridgehead atoms. The van der Waals surface area contributed by atoms with E-state index in [1.807, 2.05) is 12.1 Å². The van der Waals surface area contributed by atoms with Gasteiger partial charge in [-0.3, -0.25) is 0 Å². The van der Waals surface area contributed by atoms with Crippen LogP contribution in [0.5, 0.6) is 0 Å². The predicted octanol–water partition coefficient (Wildman–Crippen LogP) is 7.64. The molecule has 5 aromatic rings. The number of benzene rings is 5. The molecular weight excluding hydrogens is 336 g/mol. The highest BCUT2D eigenvalue weighted by atomic mass is 14.1. The minimum Gasteiger partial charge on any atom is -0.0622 e. The monoisotopic (exact) mass is 355 g/mol. The lowest BCUT2D eigenvalue weighted by Crippen LogP contribution is -1.87. The smallest absolute Gasteiger partial charge is 0.0105 e. The van der Waals surface area contributed by atoms with E-state index in [-0.39, 0.29) is 0 Å². The predicted molar refractivity (Wildman–Crippen MR) is 119 cm³/mol. The highest BCUT2D eigenvalue weighted by molar-refractivity contribution is 5.98. The summed E-state index contributed by atoms with van der Waals surface area (Å²) in [5.41, 5.74) is 7.39. The van der Waals surface area contributed by atoms with Gasteiger partial charge in [-0.25, -0.2) is 0 Å². The molecule has 0 aliphatic carbocycles. The summed E-state index contributed by atoms with van der Waals surface area (Å²) in [6, 6.07) is 43.9. The Morgan fingerprint density at radius 2 is 1.04 bits per heavy atom. The molecule has 0 aliphatic rings. The first-order chi connectivity index (χ1) is 13.9. The highest BCUT2D eigenvalue weighted by Gasteiger charge is 2.09. The van der Waals surface area contributed by atoms with Gasteiger partial charge in [-0.1, -0.05) is 97.1 Å². The van der Waals surface area contributed by atoms with E-state index < -0.39 is 0 Å². The molecule has 0 aromatic heterocycles. The number of rotatable bonds is 3. The first kappa shape index (κ1) is 16.5. The molecule has 0 atom stereocenters. The van der Waals surface area contributed by atoms with Gasteiger partial charge >= 0.3 is 0 Å². The minimum atomic E-state index is 1.21. The second kappa shape index (κ2) is 7.17. The third-order valence-corrected chi connectivity index (χ3v) is 5.19. The summed E-state index contributed by atoms with van der Waals surface area (Å²) in [4.78, 5) is 0. The Hall–Kier alpha value is -3.64. The van der Waals surface area contributed by atoms with Gasteiger partial charge in [0.2, 0.25) is 0 Å². The summed E-state index contributed by atoms with van der Waals surface area (Å²) in [5, 5.41) is 2.54. The van der Waals surface area contributed by atoms with Crippen LogP contribution in [0.1, 0.15) is 0 Å². The maximum Gasteiger partial charge on any atom is -0.0105 e. The Morgan fingerprint density at radius 3 is 1.82 bits per heavy atom. The Balaban J connectivity index is 1.78. The Labute approximate surface area is 165 Å². The Morgan fingerprint density at radius 1 is 0.429 bits per heavy atom. The molecule has 131 valence electrons.